The van der Waals surface area contributed by atoms with Gasteiger partial charge in [0.05, 0.1) is 13.2 Å². The Morgan fingerprint density at radius 3 is 2.32 bits per heavy atom. The van der Waals surface area contributed by atoms with Gasteiger partial charge in [0.25, 0.3) is 0 Å². The molecule has 0 saturated carbocycles. The minimum absolute atomic E-state index is 0.0174. The summed E-state index contributed by atoms with van der Waals surface area (Å²) in [5.41, 5.74) is -0.0174. The summed E-state index contributed by atoms with van der Waals surface area (Å²) in [4.78, 5) is 11.0. The van der Waals surface area contributed by atoms with Gasteiger partial charge >= 0.3 is 5.97 Å². The predicted octanol–water partition coefficient (Wildman–Crippen LogP) is 0.793. The van der Waals surface area contributed by atoms with Crippen LogP contribution in [0.4, 0.5) is 0 Å². The van der Waals surface area contributed by atoms with Crippen LogP contribution in [0.25, 0.3) is 0 Å². The van der Waals surface area contributed by atoms with Gasteiger partial charge in [0.2, 0.25) is 0 Å². The zero-order valence-electron chi connectivity index (χ0n) is 12.0. The Morgan fingerprint density at radius 1 is 1.37 bits per heavy atom. The molecule has 1 rings (SSSR count). The van der Waals surface area contributed by atoms with Gasteiger partial charge in [-0.25, -0.2) is 0 Å². The van der Waals surface area contributed by atoms with Crippen molar-refractivity contribution in [2.24, 2.45) is 11.3 Å². The van der Waals surface area contributed by atoms with Gasteiger partial charge in [-0.3, -0.25) is 10.1 Å². The maximum absolute atomic E-state index is 11.0. The summed E-state index contributed by atoms with van der Waals surface area (Å²) >= 11 is 0. The van der Waals surface area contributed by atoms with Gasteiger partial charge in [-0.2, -0.15) is 0 Å². The summed E-state index contributed by atoms with van der Waals surface area (Å²) in [7, 11) is 0. The van der Waals surface area contributed by atoms with E-state index in [9.17, 15) is 9.90 Å². The number of aliphatic hydroxyl groups is 1. The fourth-order valence-electron chi connectivity index (χ4n) is 1.87. The summed E-state index contributed by atoms with van der Waals surface area (Å²) in [6.07, 6.45) is -1.24. The van der Waals surface area contributed by atoms with Crippen molar-refractivity contribution in [3.05, 3.63) is 0 Å². The molecule has 112 valence electrons. The molecule has 0 aliphatic carbocycles. The molecule has 3 N–H and O–H groups in total. The van der Waals surface area contributed by atoms with Crippen LogP contribution in [0, 0.1) is 11.3 Å². The largest absolute Gasteiger partial charge is 0.480 e. The van der Waals surface area contributed by atoms with E-state index >= 15 is 0 Å². The van der Waals surface area contributed by atoms with Crippen LogP contribution < -0.4 is 5.32 Å². The average Bonchev–Trinajstić information content (AvgIpc) is 2.28. The number of carboxylic acids is 1. The first-order valence-corrected chi connectivity index (χ1v) is 6.61. The highest BCUT2D eigenvalue weighted by molar-refractivity contribution is 5.73. The van der Waals surface area contributed by atoms with Gasteiger partial charge < -0.3 is 19.7 Å². The second kappa shape index (κ2) is 6.65. The molecule has 1 unspecified atom stereocenters. The molecule has 0 aromatic heterocycles. The van der Waals surface area contributed by atoms with E-state index < -0.39 is 24.5 Å². The van der Waals surface area contributed by atoms with Gasteiger partial charge in [0.1, 0.15) is 12.3 Å². The first-order valence-electron chi connectivity index (χ1n) is 6.61. The third-order valence-corrected chi connectivity index (χ3v) is 3.04. The van der Waals surface area contributed by atoms with Crippen LogP contribution >= 0.6 is 0 Å². The SMILES string of the molecule is CC(C)[C@H](NC(O)CC1OCC(C)(C)CO1)C(=O)O. The molecule has 6 heteroatoms. The molecule has 0 bridgehead atoms. The van der Waals surface area contributed by atoms with E-state index in [-0.39, 0.29) is 17.8 Å². The number of ether oxygens (including phenoxy) is 2. The maximum Gasteiger partial charge on any atom is 0.321 e. The fourth-order valence-corrected chi connectivity index (χ4v) is 1.87. The standard InChI is InChI=1S/C13H25NO5/c1-8(2)11(12(16)17)14-9(15)5-10-18-6-13(3,4)7-19-10/h8-11,14-15H,5-7H2,1-4H3,(H,16,17)/t9?,11-/m0/s1. The fraction of sp³-hybridized carbons (Fsp3) is 0.923. The molecule has 0 aromatic carbocycles. The number of carbonyl (C=O) groups is 1. The Hall–Kier alpha value is -0.690. The molecular formula is C13H25NO5. The molecule has 1 heterocycles. The van der Waals surface area contributed by atoms with Gasteiger partial charge in [-0.1, -0.05) is 27.7 Å². The van der Waals surface area contributed by atoms with Crippen LogP contribution in [-0.2, 0) is 14.3 Å². The molecule has 1 aliphatic heterocycles. The van der Waals surface area contributed by atoms with E-state index in [1.165, 1.54) is 0 Å². The zero-order chi connectivity index (χ0) is 14.6. The summed E-state index contributed by atoms with van der Waals surface area (Å²) < 4.78 is 11.0. The molecule has 6 nitrogen and oxygen atoms in total. The Bertz CT molecular complexity index is 295. The summed E-state index contributed by atoms with van der Waals surface area (Å²) in [6.45, 7) is 8.78. The van der Waals surface area contributed by atoms with E-state index in [0.29, 0.717) is 13.2 Å². The maximum atomic E-state index is 11.0. The van der Waals surface area contributed by atoms with Crippen molar-refractivity contribution in [3.63, 3.8) is 0 Å². The lowest BCUT2D eigenvalue weighted by Crippen LogP contribution is -2.49. The number of rotatable bonds is 6. The number of hydrogen-bond donors (Lipinski definition) is 3. The van der Waals surface area contributed by atoms with Crippen molar-refractivity contribution in [2.75, 3.05) is 13.2 Å². The monoisotopic (exact) mass is 275 g/mol. The number of carboxylic acid groups (broad SMARTS) is 1. The van der Waals surface area contributed by atoms with Crippen molar-refractivity contribution in [1.29, 1.82) is 0 Å². The second-order valence-corrected chi connectivity index (χ2v) is 6.19. The molecule has 1 saturated heterocycles. The minimum Gasteiger partial charge on any atom is -0.480 e. The summed E-state index contributed by atoms with van der Waals surface area (Å²) in [5.74, 6) is -1.08. The van der Waals surface area contributed by atoms with Crippen LogP contribution in [0.2, 0.25) is 0 Å². The molecular weight excluding hydrogens is 250 g/mol. The Labute approximate surface area is 114 Å². The minimum atomic E-state index is -0.972. The zero-order valence-corrected chi connectivity index (χ0v) is 12.0. The summed E-state index contributed by atoms with van der Waals surface area (Å²) in [6, 6.07) is -0.782. The lowest BCUT2D eigenvalue weighted by atomic mass is 9.95. The van der Waals surface area contributed by atoms with Crippen molar-refractivity contribution in [1.82, 2.24) is 5.32 Å². The highest BCUT2D eigenvalue weighted by Crippen LogP contribution is 2.24. The van der Waals surface area contributed by atoms with Crippen LogP contribution in [0.1, 0.15) is 34.1 Å². The first-order chi connectivity index (χ1) is 8.71. The van der Waals surface area contributed by atoms with Crippen LogP contribution in [0.5, 0.6) is 0 Å². The van der Waals surface area contributed by atoms with E-state index in [1.807, 2.05) is 13.8 Å². The molecule has 19 heavy (non-hydrogen) atoms. The average molecular weight is 275 g/mol. The topological polar surface area (TPSA) is 88.0 Å². The first kappa shape index (κ1) is 16.4. The lowest BCUT2D eigenvalue weighted by Gasteiger charge is -2.35. The smallest absolute Gasteiger partial charge is 0.321 e. The van der Waals surface area contributed by atoms with Gasteiger partial charge in [-0.15, -0.1) is 0 Å². The van der Waals surface area contributed by atoms with E-state index in [0.717, 1.165) is 0 Å². The highest BCUT2D eigenvalue weighted by Gasteiger charge is 2.31. The number of aliphatic carboxylic acids is 1. The van der Waals surface area contributed by atoms with Crippen LogP contribution in [-0.4, -0.2) is 48.0 Å². The normalized spacial score (nSPS) is 23.3. The molecule has 2 atom stereocenters. The Kier molecular flexibility index (Phi) is 5.73. The van der Waals surface area contributed by atoms with E-state index in [2.05, 4.69) is 5.32 Å². The molecule has 0 amide bonds. The highest BCUT2D eigenvalue weighted by atomic mass is 16.7. The van der Waals surface area contributed by atoms with Crippen molar-refractivity contribution >= 4 is 5.97 Å². The van der Waals surface area contributed by atoms with Gasteiger partial charge in [-0.05, 0) is 5.92 Å². The predicted molar refractivity (Wildman–Crippen MR) is 69.5 cm³/mol. The third-order valence-electron chi connectivity index (χ3n) is 3.04. The summed E-state index contributed by atoms with van der Waals surface area (Å²) in [5, 5.41) is 21.6. The second-order valence-electron chi connectivity index (χ2n) is 6.19. The van der Waals surface area contributed by atoms with E-state index in [4.69, 9.17) is 14.6 Å². The third kappa shape index (κ3) is 5.44. The van der Waals surface area contributed by atoms with E-state index in [1.54, 1.807) is 13.8 Å². The van der Waals surface area contributed by atoms with Crippen LogP contribution in [0.15, 0.2) is 0 Å². The van der Waals surface area contributed by atoms with Crippen molar-refractivity contribution in [2.45, 2.75) is 52.7 Å². The van der Waals surface area contributed by atoms with Crippen molar-refractivity contribution in [3.8, 4) is 0 Å². The quantitative estimate of drug-likeness (QED) is 0.621. The molecule has 0 radical (unpaired) electrons. The number of hydrogen-bond acceptors (Lipinski definition) is 5. The molecule has 0 aromatic rings. The molecule has 1 aliphatic rings. The lowest BCUT2D eigenvalue weighted by molar-refractivity contribution is -0.232. The van der Waals surface area contributed by atoms with Crippen LogP contribution in [0.3, 0.4) is 0 Å². The Morgan fingerprint density at radius 2 is 1.89 bits per heavy atom. The van der Waals surface area contributed by atoms with Gasteiger partial charge in [0, 0.05) is 11.8 Å². The molecule has 1 fully saturated rings. The Balaban J connectivity index is 2.39. The number of aliphatic hydroxyl groups excluding tert-OH is 1. The van der Waals surface area contributed by atoms with Crippen molar-refractivity contribution < 1.29 is 24.5 Å². The van der Waals surface area contributed by atoms with Gasteiger partial charge in [0.15, 0.2) is 6.29 Å². The number of nitrogens with one attached hydrogen (secondary N) is 1. The molecule has 0 spiro atoms.